The fourth-order valence-electron chi connectivity index (χ4n) is 4.41. The molecule has 30 heavy (non-hydrogen) atoms. The van der Waals surface area contributed by atoms with Gasteiger partial charge in [-0.05, 0) is 42.2 Å². The van der Waals surface area contributed by atoms with Gasteiger partial charge in [0, 0.05) is 57.9 Å². The normalized spacial score (nSPS) is 18.3. The molecule has 5 nitrogen and oxygen atoms in total. The summed E-state index contributed by atoms with van der Waals surface area (Å²) in [7, 11) is 0. The molecule has 0 saturated carbocycles. The Morgan fingerprint density at radius 3 is 2.47 bits per heavy atom. The molecule has 1 amide bonds. The topological polar surface area (TPSA) is 47.0 Å². The van der Waals surface area contributed by atoms with E-state index in [9.17, 15) is 18.7 Å². The van der Waals surface area contributed by atoms with Crippen LogP contribution in [0.1, 0.15) is 30.6 Å². The minimum atomic E-state index is -0.628. The Hall–Kier alpha value is -2.51. The van der Waals surface area contributed by atoms with Crippen LogP contribution in [0.4, 0.5) is 20.2 Å². The highest BCUT2D eigenvalue weighted by atomic mass is 19.1. The van der Waals surface area contributed by atoms with Crippen molar-refractivity contribution in [2.24, 2.45) is 0 Å². The molecule has 2 aromatic carbocycles. The van der Waals surface area contributed by atoms with Crippen molar-refractivity contribution in [3.8, 4) is 0 Å². The fourth-order valence-corrected chi connectivity index (χ4v) is 4.41. The lowest BCUT2D eigenvalue weighted by atomic mass is 9.97. The minimum Gasteiger partial charge on any atom is -0.387 e. The number of aliphatic hydroxyl groups is 1. The average molecular weight is 415 g/mol. The monoisotopic (exact) mass is 415 g/mol. The Labute approximate surface area is 175 Å². The molecular formula is C23H27F2N3O2. The summed E-state index contributed by atoms with van der Waals surface area (Å²) in [5.41, 5.74) is 3.32. The van der Waals surface area contributed by atoms with E-state index in [1.807, 2.05) is 23.1 Å². The third-order valence-electron chi connectivity index (χ3n) is 6.04. The van der Waals surface area contributed by atoms with E-state index in [4.69, 9.17) is 0 Å². The number of hydrogen-bond donors (Lipinski definition) is 1. The summed E-state index contributed by atoms with van der Waals surface area (Å²) in [4.78, 5) is 17.7. The lowest BCUT2D eigenvalue weighted by Crippen LogP contribution is -2.47. The van der Waals surface area contributed by atoms with Crippen LogP contribution in [-0.4, -0.2) is 55.2 Å². The first kappa shape index (κ1) is 20.8. The largest absolute Gasteiger partial charge is 0.387 e. The number of fused-ring (bicyclic) bond motifs is 1. The highest BCUT2D eigenvalue weighted by Gasteiger charge is 2.24. The van der Waals surface area contributed by atoms with Gasteiger partial charge in [-0.1, -0.05) is 12.1 Å². The number of aliphatic hydroxyl groups excluding tert-OH is 1. The summed E-state index contributed by atoms with van der Waals surface area (Å²) in [6.07, 6.45) is 1.20. The Kier molecular flexibility index (Phi) is 6.01. The van der Waals surface area contributed by atoms with E-state index in [0.717, 1.165) is 42.3 Å². The predicted octanol–water partition coefficient (Wildman–Crippen LogP) is 3.12. The number of benzene rings is 2. The van der Waals surface area contributed by atoms with Gasteiger partial charge in [-0.25, -0.2) is 8.78 Å². The average Bonchev–Trinajstić information content (AvgIpc) is 2.73. The second kappa shape index (κ2) is 8.70. The molecule has 1 atom stereocenters. The van der Waals surface area contributed by atoms with Crippen LogP contribution in [0, 0.1) is 11.6 Å². The second-order valence-corrected chi connectivity index (χ2v) is 8.06. The van der Waals surface area contributed by atoms with Gasteiger partial charge in [0.15, 0.2) is 0 Å². The van der Waals surface area contributed by atoms with Crippen molar-refractivity contribution in [3.63, 3.8) is 0 Å². The van der Waals surface area contributed by atoms with Crippen LogP contribution in [0.15, 0.2) is 36.4 Å². The molecular weight excluding hydrogens is 388 g/mol. The van der Waals surface area contributed by atoms with E-state index in [0.29, 0.717) is 38.4 Å². The Morgan fingerprint density at radius 2 is 1.77 bits per heavy atom. The Bertz CT molecular complexity index is 929. The lowest BCUT2D eigenvalue weighted by molar-refractivity contribution is -0.116. The molecule has 2 aromatic rings. The van der Waals surface area contributed by atoms with Gasteiger partial charge in [0.05, 0.1) is 11.8 Å². The van der Waals surface area contributed by atoms with Gasteiger partial charge in [-0.3, -0.25) is 9.69 Å². The first-order chi connectivity index (χ1) is 14.4. The molecule has 0 bridgehead atoms. The molecule has 1 fully saturated rings. The zero-order valence-corrected chi connectivity index (χ0v) is 17.2. The van der Waals surface area contributed by atoms with Crippen molar-refractivity contribution in [1.82, 2.24) is 4.90 Å². The summed E-state index contributed by atoms with van der Waals surface area (Å²) in [6.45, 7) is 5.43. The van der Waals surface area contributed by atoms with Gasteiger partial charge >= 0.3 is 0 Å². The van der Waals surface area contributed by atoms with Crippen LogP contribution in [0.3, 0.4) is 0 Å². The van der Waals surface area contributed by atoms with E-state index in [2.05, 4.69) is 4.90 Å². The van der Waals surface area contributed by atoms with E-state index < -0.39 is 17.7 Å². The molecule has 7 heteroatoms. The molecule has 1 N–H and O–H groups in total. The maximum atomic E-state index is 14.0. The zero-order valence-electron chi connectivity index (χ0n) is 17.2. The number of halogens is 2. The number of amides is 1. The van der Waals surface area contributed by atoms with Gasteiger partial charge in [0.1, 0.15) is 11.6 Å². The van der Waals surface area contributed by atoms with Gasteiger partial charge < -0.3 is 14.9 Å². The standard InChI is InChI=1S/C23H27F2N3O2/c1-16(29)28-8-2-3-17-13-18(4-6-21(17)28)23(30)15-26-9-11-27(12-10-26)22-7-5-19(24)14-20(22)25/h4-7,13-14,23,30H,2-3,8-12,15H2,1H3/t23-/m1/s1. The van der Waals surface area contributed by atoms with Crippen molar-refractivity contribution in [2.45, 2.75) is 25.9 Å². The quantitative estimate of drug-likeness (QED) is 0.834. The molecule has 2 aliphatic rings. The third kappa shape index (κ3) is 4.32. The maximum Gasteiger partial charge on any atom is 0.223 e. The number of aryl methyl sites for hydroxylation is 1. The number of carbonyl (C=O) groups is 1. The van der Waals surface area contributed by atoms with Crippen LogP contribution < -0.4 is 9.80 Å². The summed E-state index contributed by atoms with van der Waals surface area (Å²) >= 11 is 0. The SMILES string of the molecule is CC(=O)N1CCCc2cc([C@H](O)CN3CCN(c4ccc(F)cc4F)CC3)ccc21. The molecule has 1 saturated heterocycles. The van der Waals surface area contributed by atoms with E-state index in [-0.39, 0.29) is 5.91 Å². The van der Waals surface area contributed by atoms with E-state index >= 15 is 0 Å². The highest BCUT2D eigenvalue weighted by Crippen LogP contribution is 2.30. The van der Waals surface area contributed by atoms with Crippen molar-refractivity contribution in [2.75, 3.05) is 49.1 Å². The van der Waals surface area contributed by atoms with Crippen molar-refractivity contribution < 1.29 is 18.7 Å². The number of rotatable bonds is 4. The van der Waals surface area contributed by atoms with Gasteiger partial charge in [-0.2, -0.15) is 0 Å². The molecule has 0 spiro atoms. The first-order valence-corrected chi connectivity index (χ1v) is 10.4. The number of hydrogen-bond acceptors (Lipinski definition) is 4. The molecule has 2 heterocycles. The number of anilines is 2. The number of nitrogens with zero attached hydrogens (tertiary/aromatic N) is 3. The summed E-state index contributed by atoms with van der Waals surface area (Å²) in [5, 5.41) is 10.8. The predicted molar refractivity (Wildman–Crippen MR) is 113 cm³/mol. The Balaban J connectivity index is 1.37. The van der Waals surface area contributed by atoms with Crippen molar-refractivity contribution in [1.29, 1.82) is 0 Å². The van der Waals surface area contributed by atoms with E-state index in [1.54, 1.807) is 11.8 Å². The molecule has 0 radical (unpaired) electrons. The maximum absolute atomic E-state index is 14.0. The molecule has 160 valence electrons. The minimum absolute atomic E-state index is 0.0414. The Morgan fingerprint density at radius 1 is 1.03 bits per heavy atom. The van der Waals surface area contributed by atoms with Crippen molar-refractivity contribution >= 4 is 17.3 Å². The summed E-state index contributed by atoms with van der Waals surface area (Å²) < 4.78 is 27.2. The van der Waals surface area contributed by atoms with Crippen molar-refractivity contribution in [3.05, 3.63) is 59.2 Å². The van der Waals surface area contributed by atoms with Crippen LogP contribution in [0.25, 0.3) is 0 Å². The molecule has 0 aromatic heterocycles. The van der Waals surface area contributed by atoms with Gasteiger partial charge in [-0.15, -0.1) is 0 Å². The molecule has 2 aliphatic heterocycles. The lowest BCUT2D eigenvalue weighted by Gasteiger charge is -2.37. The molecule has 4 rings (SSSR count). The first-order valence-electron chi connectivity index (χ1n) is 10.4. The molecule has 0 unspecified atom stereocenters. The van der Waals surface area contributed by atoms with Crippen LogP contribution in [0.5, 0.6) is 0 Å². The van der Waals surface area contributed by atoms with Crippen LogP contribution >= 0.6 is 0 Å². The van der Waals surface area contributed by atoms with Gasteiger partial charge in [0.25, 0.3) is 0 Å². The smallest absolute Gasteiger partial charge is 0.223 e. The highest BCUT2D eigenvalue weighted by molar-refractivity contribution is 5.92. The second-order valence-electron chi connectivity index (χ2n) is 8.06. The van der Waals surface area contributed by atoms with Gasteiger partial charge in [0.2, 0.25) is 5.91 Å². The van der Waals surface area contributed by atoms with Crippen LogP contribution in [-0.2, 0) is 11.2 Å². The summed E-state index contributed by atoms with van der Waals surface area (Å²) in [6, 6.07) is 9.51. The number of carbonyl (C=O) groups excluding carboxylic acids is 1. The zero-order chi connectivity index (χ0) is 21.3. The number of β-amino-alcohol motifs (C(OH)–C–C–N with tert-alkyl or cyclic N) is 1. The van der Waals surface area contributed by atoms with E-state index in [1.165, 1.54) is 12.1 Å². The van der Waals surface area contributed by atoms with Crippen LogP contribution in [0.2, 0.25) is 0 Å². The number of piperazine rings is 1. The summed E-state index contributed by atoms with van der Waals surface area (Å²) in [5.74, 6) is -1.08. The fraction of sp³-hybridized carbons (Fsp3) is 0.435. The third-order valence-corrected chi connectivity index (χ3v) is 6.04. The molecule has 0 aliphatic carbocycles.